The highest BCUT2D eigenvalue weighted by Crippen LogP contribution is 2.09. The molecule has 0 aliphatic carbocycles. The number of rotatable bonds is 8. The maximum Gasteiger partial charge on any atom is 0.673 e. The smallest absolute Gasteiger partial charge is 0.418 e. The van der Waals surface area contributed by atoms with Crippen LogP contribution in [0.25, 0.3) is 0 Å². The number of allylic oxidation sites excluding steroid dienone is 4. The fourth-order valence-electron chi connectivity index (χ4n) is 1.97. The van der Waals surface area contributed by atoms with Gasteiger partial charge in [0, 0.05) is 12.8 Å². The summed E-state index contributed by atoms with van der Waals surface area (Å²) >= 11 is 0. The molecule has 0 aliphatic rings. The molecule has 1 N–H and O–H groups in total. The molecule has 2 nitrogen and oxygen atoms in total. The molecule has 0 atom stereocenters. The summed E-state index contributed by atoms with van der Waals surface area (Å²) in [5, 5.41) is 0. The molecule has 1 rings (SSSR count). The van der Waals surface area contributed by atoms with E-state index in [1.54, 1.807) is 0 Å². The molecular weight excluding hydrogens is 295 g/mol. The number of imidazole rings is 1. The largest absolute Gasteiger partial charge is 0.673 e. The monoisotopic (exact) mass is 316 g/mol. The van der Waals surface area contributed by atoms with Gasteiger partial charge in [0.15, 0.2) is 0 Å². The number of aromatic nitrogens is 2. The molecule has 1 aromatic rings. The number of nitrogens with zero attached hydrogens (tertiary/aromatic N) is 1. The number of nitrogens with one attached hydrogen (secondary N) is 1. The van der Waals surface area contributed by atoms with Crippen LogP contribution in [0.4, 0.5) is 17.3 Å². The van der Waals surface area contributed by atoms with Crippen LogP contribution in [-0.2, 0) is 25.8 Å². The lowest BCUT2D eigenvalue weighted by Crippen LogP contribution is -2.39. The van der Waals surface area contributed by atoms with Crippen molar-refractivity contribution >= 4 is 7.25 Å². The minimum atomic E-state index is -6.00. The van der Waals surface area contributed by atoms with E-state index in [2.05, 4.69) is 35.9 Å². The van der Waals surface area contributed by atoms with E-state index in [1.807, 2.05) is 24.3 Å². The van der Waals surface area contributed by atoms with Crippen LogP contribution in [0.2, 0.25) is 0 Å². The molecule has 0 saturated carbocycles. The van der Waals surface area contributed by atoms with Gasteiger partial charge in [-0.3, -0.25) is 0 Å². The second kappa shape index (κ2) is 9.81. The van der Waals surface area contributed by atoms with E-state index >= 15 is 0 Å². The summed E-state index contributed by atoms with van der Waals surface area (Å²) in [6.07, 6.45) is 10.2. The lowest BCUT2D eigenvalue weighted by molar-refractivity contribution is -0.699. The van der Waals surface area contributed by atoms with Crippen molar-refractivity contribution in [2.24, 2.45) is 0 Å². The predicted octanol–water partition coefficient (Wildman–Crippen LogP) is 3.97. The van der Waals surface area contributed by atoms with E-state index in [0.717, 1.165) is 31.6 Å². The Morgan fingerprint density at radius 3 is 1.77 bits per heavy atom. The van der Waals surface area contributed by atoms with Gasteiger partial charge in [-0.2, -0.15) is 0 Å². The number of hydrogen-bond acceptors (Lipinski definition) is 0. The van der Waals surface area contributed by atoms with Crippen molar-refractivity contribution in [3.05, 3.63) is 67.8 Å². The van der Waals surface area contributed by atoms with Crippen molar-refractivity contribution in [1.82, 2.24) is 4.98 Å². The highest BCUT2D eigenvalue weighted by atomic mass is 19.5. The van der Waals surface area contributed by atoms with Gasteiger partial charge in [-0.25, -0.2) is 9.55 Å². The van der Waals surface area contributed by atoms with Crippen molar-refractivity contribution < 1.29 is 21.8 Å². The number of aromatic amines is 1. The molecule has 0 fully saturated rings. The third-order valence-corrected chi connectivity index (χ3v) is 2.63. The lowest BCUT2D eigenvalue weighted by atomic mass is 10.2. The third-order valence-electron chi connectivity index (χ3n) is 2.63. The van der Waals surface area contributed by atoms with Crippen molar-refractivity contribution in [2.75, 3.05) is 0 Å². The molecule has 122 valence electrons. The molecule has 0 amide bonds. The normalized spacial score (nSPS) is 10.4. The Bertz CT molecular complexity index is 474. The van der Waals surface area contributed by atoms with E-state index in [-0.39, 0.29) is 0 Å². The maximum absolute atomic E-state index is 9.75. The zero-order chi connectivity index (χ0) is 17.2. The first-order valence-electron chi connectivity index (χ1n) is 6.71. The molecular formula is C15H21BF4N2. The summed E-state index contributed by atoms with van der Waals surface area (Å²) in [4.78, 5) is 3.45. The Hall–Kier alpha value is -2.05. The third kappa shape index (κ3) is 7.66. The summed E-state index contributed by atoms with van der Waals surface area (Å²) in [7, 11) is -6.00. The average molecular weight is 316 g/mol. The minimum absolute atomic E-state index is 0.806. The topological polar surface area (TPSA) is 19.7 Å². The predicted molar refractivity (Wildman–Crippen MR) is 83.1 cm³/mol. The first-order chi connectivity index (χ1) is 10.3. The molecule has 1 heterocycles. The van der Waals surface area contributed by atoms with Crippen LogP contribution in [0.5, 0.6) is 0 Å². The van der Waals surface area contributed by atoms with E-state index < -0.39 is 7.25 Å². The van der Waals surface area contributed by atoms with E-state index in [0.29, 0.717) is 0 Å². The molecule has 0 spiro atoms. The van der Waals surface area contributed by atoms with Gasteiger partial charge in [0.2, 0.25) is 0 Å². The Kier molecular flexibility index (Phi) is 8.90. The van der Waals surface area contributed by atoms with Crippen molar-refractivity contribution in [3.63, 3.8) is 0 Å². The summed E-state index contributed by atoms with van der Waals surface area (Å²) in [5.41, 5.74) is 2.47. The van der Waals surface area contributed by atoms with Gasteiger partial charge >= 0.3 is 7.25 Å². The minimum Gasteiger partial charge on any atom is -0.418 e. The fourth-order valence-corrected chi connectivity index (χ4v) is 1.97. The van der Waals surface area contributed by atoms with Crippen molar-refractivity contribution in [3.8, 4) is 0 Å². The van der Waals surface area contributed by atoms with Crippen LogP contribution in [0.15, 0.2) is 50.6 Å². The Morgan fingerprint density at radius 1 is 0.864 bits per heavy atom. The second-order valence-electron chi connectivity index (χ2n) is 4.37. The molecule has 1 aromatic heterocycles. The summed E-state index contributed by atoms with van der Waals surface area (Å²) in [6.45, 7) is 16.0. The maximum atomic E-state index is 9.75. The molecule has 0 radical (unpaired) electrons. The van der Waals surface area contributed by atoms with Gasteiger partial charge in [-0.1, -0.05) is 30.9 Å². The van der Waals surface area contributed by atoms with Crippen LogP contribution in [0.3, 0.4) is 0 Å². The molecule has 22 heavy (non-hydrogen) atoms. The van der Waals surface area contributed by atoms with Gasteiger partial charge in [0.05, 0.1) is 6.42 Å². The second-order valence-corrected chi connectivity index (χ2v) is 4.37. The number of H-pyrrole nitrogens is 1. The van der Waals surface area contributed by atoms with Gasteiger partial charge in [0.1, 0.15) is 17.9 Å². The Morgan fingerprint density at radius 2 is 1.36 bits per heavy atom. The quantitative estimate of drug-likeness (QED) is 0.324. The standard InChI is InChI=1S/C15H20N2.BF4/c1-5-9-13-14(10-6-2)17(12-8-4)15(16-13)11-7-3;2-1(3,4)5/h5-8H,1-4,9-12H2;/q;-1/p+1. The van der Waals surface area contributed by atoms with Crippen LogP contribution < -0.4 is 4.57 Å². The van der Waals surface area contributed by atoms with Crippen molar-refractivity contribution in [2.45, 2.75) is 25.8 Å². The molecule has 7 heteroatoms. The van der Waals surface area contributed by atoms with Crippen LogP contribution >= 0.6 is 0 Å². The van der Waals surface area contributed by atoms with E-state index in [9.17, 15) is 17.3 Å². The zero-order valence-corrected chi connectivity index (χ0v) is 12.5. The van der Waals surface area contributed by atoms with Gasteiger partial charge in [-0.05, 0) is 0 Å². The fraction of sp³-hybridized carbons (Fsp3) is 0.267. The highest BCUT2D eigenvalue weighted by Gasteiger charge is 2.21. The summed E-state index contributed by atoms with van der Waals surface area (Å²) in [5.74, 6) is 1.16. The van der Waals surface area contributed by atoms with Gasteiger partial charge in [0.25, 0.3) is 5.82 Å². The summed E-state index contributed by atoms with van der Waals surface area (Å²) < 4.78 is 41.2. The Labute approximate surface area is 128 Å². The van der Waals surface area contributed by atoms with Crippen LogP contribution in [-0.4, -0.2) is 12.2 Å². The van der Waals surface area contributed by atoms with Crippen molar-refractivity contribution in [1.29, 1.82) is 0 Å². The van der Waals surface area contributed by atoms with E-state index in [1.165, 1.54) is 11.4 Å². The first kappa shape index (κ1) is 20.0. The first-order valence-corrected chi connectivity index (χ1v) is 6.71. The molecule has 0 aromatic carbocycles. The summed E-state index contributed by atoms with van der Waals surface area (Å²) in [6, 6.07) is 0. The average Bonchev–Trinajstić information content (AvgIpc) is 2.68. The molecule has 0 unspecified atom stereocenters. The molecule has 0 bridgehead atoms. The lowest BCUT2D eigenvalue weighted by Gasteiger charge is -2.00. The zero-order valence-electron chi connectivity index (χ0n) is 12.5. The van der Waals surface area contributed by atoms with Gasteiger partial charge < -0.3 is 17.3 Å². The highest BCUT2D eigenvalue weighted by molar-refractivity contribution is 6.50. The van der Waals surface area contributed by atoms with Crippen LogP contribution in [0.1, 0.15) is 17.2 Å². The Balaban J connectivity index is 0.000000763. The number of halogens is 4. The van der Waals surface area contributed by atoms with Gasteiger partial charge in [-0.15, -0.1) is 19.7 Å². The molecule has 0 saturated heterocycles. The van der Waals surface area contributed by atoms with E-state index in [4.69, 9.17) is 0 Å². The number of hydrogen-bond donors (Lipinski definition) is 1. The molecule has 0 aliphatic heterocycles. The van der Waals surface area contributed by atoms with Crippen LogP contribution in [0, 0.1) is 0 Å². The SMILES string of the molecule is C=CCc1[nH]c(CC=C)[n+](CC=C)c1CC=C.F[B-](F)(F)F.